The molecule has 0 aliphatic carbocycles. The lowest BCUT2D eigenvalue weighted by Crippen LogP contribution is -2.26. The predicted molar refractivity (Wildman–Crippen MR) is 77.1 cm³/mol. The van der Waals surface area contributed by atoms with Crippen molar-refractivity contribution in [2.45, 2.75) is 31.8 Å². The number of aryl methyl sites for hydroxylation is 2. The lowest BCUT2D eigenvalue weighted by atomic mass is 10.5. The number of imidazole rings is 1. The van der Waals surface area contributed by atoms with Crippen LogP contribution in [0, 0.1) is 6.92 Å². The molecular weight excluding hydrogens is 334 g/mol. The summed E-state index contributed by atoms with van der Waals surface area (Å²) >= 11 is 3.25. The van der Waals surface area contributed by atoms with Gasteiger partial charge in [-0.1, -0.05) is 15.9 Å². The minimum atomic E-state index is -3.51. The molecule has 0 bridgehead atoms. The molecule has 110 valence electrons. The number of hydrogen-bond acceptors (Lipinski definition) is 4. The van der Waals surface area contributed by atoms with Crippen molar-refractivity contribution in [3.63, 3.8) is 0 Å². The van der Waals surface area contributed by atoms with E-state index in [1.54, 1.807) is 17.7 Å². The zero-order valence-electron chi connectivity index (χ0n) is 11.2. The third kappa shape index (κ3) is 5.21. The van der Waals surface area contributed by atoms with Gasteiger partial charge in [0, 0.05) is 31.2 Å². The quantitative estimate of drug-likeness (QED) is 0.536. The summed E-state index contributed by atoms with van der Waals surface area (Å²) in [4.78, 5) is 4.06. The fourth-order valence-corrected chi connectivity index (χ4v) is 2.85. The molecule has 1 N–H and O–H groups in total. The minimum Gasteiger partial charge on any atom is -0.381 e. The highest BCUT2D eigenvalue weighted by Gasteiger charge is 2.17. The van der Waals surface area contributed by atoms with Gasteiger partial charge in [-0.2, -0.15) is 0 Å². The summed E-state index contributed by atoms with van der Waals surface area (Å²) in [7, 11) is -3.51. The maximum atomic E-state index is 12.0. The first-order valence-electron chi connectivity index (χ1n) is 6.18. The van der Waals surface area contributed by atoms with Crippen molar-refractivity contribution in [3.8, 4) is 0 Å². The van der Waals surface area contributed by atoms with Gasteiger partial charge < -0.3 is 9.30 Å². The Morgan fingerprint density at radius 1 is 1.47 bits per heavy atom. The van der Waals surface area contributed by atoms with E-state index in [1.807, 2.05) is 6.92 Å². The largest absolute Gasteiger partial charge is 0.381 e. The SMILES string of the molecule is CCn1cc(S(=O)(=O)NCCCOCCBr)nc1C. The smallest absolute Gasteiger partial charge is 0.259 e. The number of aromatic nitrogens is 2. The van der Waals surface area contributed by atoms with Crippen LogP contribution in [-0.4, -0.2) is 43.1 Å². The average Bonchev–Trinajstić information content (AvgIpc) is 2.76. The van der Waals surface area contributed by atoms with E-state index in [-0.39, 0.29) is 5.03 Å². The lowest BCUT2D eigenvalue weighted by molar-refractivity contribution is 0.149. The Kier molecular flexibility index (Phi) is 6.98. The standard InChI is InChI=1S/C11H20BrN3O3S/c1-3-15-9-11(14-10(15)2)19(16,17)13-6-4-7-18-8-5-12/h9,13H,3-8H2,1-2H3. The molecule has 1 aromatic heterocycles. The van der Waals surface area contributed by atoms with Crippen molar-refractivity contribution >= 4 is 26.0 Å². The van der Waals surface area contributed by atoms with Gasteiger partial charge in [-0.3, -0.25) is 0 Å². The molecular formula is C11H20BrN3O3S. The van der Waals surface area contributed by atoms with E-state index in [2.05, 4.69) is 25.6 Å². The molecule has 1 heterocycles. The normalized spacial score (nSPS) is 11.9. The van der Waals surface area contributed by atoms with E-state index in [0.29, 0.717) is 38.5 Å². The molecule has 0 atom stereocenters. The van der Waals surface area contributed by atoms with E-state index in [9.17, 15) is 8.42 Å². The second kappa shape index (κ2) is 7.98. The second-order valence-corrected chi connectivity index (χ2v) is 6.47. The maximum Gasteiger partial charge on any atom is 0.259 e. The van der Waals surface area contributed by atoms with Gasteiger partial charge in [-0.15, -0.1) is 0 Å². The van der Waals surface area contributed by atoms with Gasteiger partial charge in [0.1, 0.15) is 5.82 Å². The van der Waals surface area contributed by atoms with E-state index in [1.165, 1.54) is 0 Å². The number of alkyl halides is 1. The molecule has 0 spiro atoms. The Hall–Kier alpha value is -0.440. The molecule has 0 aliphatic rings. The highest BCUT2D eigenvalue weighted by molar-refractivity contribution is 9.09. The summed E-state index contributed by atoms with van der Waals surface area (Å²) in [6.45, 7) is 5.96. The Morgan fingerprint density at radius 2 is 2.21 bits per heavy atom. The van der Waals surface area contributed by atoms with Gasteiger partial charge >= 0.3 is 0 Å². The third-order valence-corrected chi connectivity index (χ3v) is 4.20. The topological polar surface area (TPSA) is 73.2 Å². The van der Waals surface area contributed by atoms with Gasteiger partial charge in [-0.05, 0) is 20.3 Å². The van der Waals surface area contributed by atoms with Crippen molar-refractivity contribution in [2.24, 2.45) is 0 Å². The second-order valence-electron chi connectivity index (χ2n) is 3.97. The zero-order valence-corrected chi connectivity index (χ0v) is 13.6. The predicted octanol–water partition coefficient (Wildman–Crippen LogP) is 1.29. The fourth-order valence-electron chi connectivity index (χ4n) is 1.54. The van der Waals surface area contributed by atoms with E-state index in [0.717, 1.165) is 5.33 Å². The first kappa shape index (κ1) is 16.6. The van der Waals surface area contributed by atoms with Crippen LogP contribution in [0.4, 0.5) is 0 Å². The number of hydrogen-bond donors (Lipinski definition) is 1. The molecule has 0 radical (unpaired) electrons. The Bertz CT molecular complexity index is 487. The fraction of sp³-hybridized carbons (Fsp3) is 0.727. The summed E-state index contributed by atoms with van der Waals surface area (Å²) in [6, 6.07) is 0. The third-order valence-electron chi connectivity index (χ3n) is 2.55. The molecule has 0 amide bonds. The number of rotatable bonds is 9. The van der Waals surface area contributed by atoms with Gasteiger partial charge in [0.25, 0.3) is 10.0 Å². The summed E-state index contributed by atoms with van der Waals surface area (Å²) in [5, 5.41) is 0.861. The molecule has 0 saturated carbocycles. The number of sulfonamides is 1. The zero-order chi connectivity index (χ0) is 14.3. The molecule has 0 aliphatic heterocycles. The van der Waals surface area contributed by atoms with Gasteiger partial charge in [0.2, 0.25) is 0 Å². The minimum absolute atomic E-state index is 0.0771. The molecule has 19 heavy (non-hydrogen) atoms. The highest BCUT2D eigenvalue weighted by Crippen LogP contribution is 2.08. The van der Waals surface area contributed by atoms with E-state index in [4.69, 9.17) is 4.74 Å². The Morgan fingerprint density at radius 3 is 2.79 bits per heavy atom. The molecule has 0 aromatic carbocycles. The number of halogens is 1. The summed E-state index contributed by atoms with van der Waals surface area (Å²) in [5.41, 5.74) is 0. The van der Waals surface area contributed by atoms with Gasteiger partial charge in [0.15, 0.2) is 5.03 Å². The molecule has 1 rings (SSSR count). The number of ether oxygens (including phenoxy) is 1. The average molecular weight is 354 g/mol. The summed E-state index contributed by atoms with van der Waals surface area (Å²) < 4.78 is 33.5. The van der Waals surface area contributed by atoms with Crippen LogP contribution >= 0.6 is 15.9 Å². The van der Waals surface area contributed by atoms with Crippen LogP contribution in [0.2, 0.25) is 0 Å². The first-order valence-corrected chi connectivity index (χ1v) is 8.79. The Balaban J connectivity index is 2.47. The number of nitrogens with zero attached hydrogens (tertiary/aromatic N) is 2. The molecule has 1 aromatic rings. The Labute approximate surface area is 122 Å². The maximum absolute atomic E-state index is 12.0. The van der Waals surface area contributed by atoms with E-state index < -0.39 is 10.0 Å². The summed E-state index contributed by atoms with van der Waals surface area (Å²) in [6.07, 6.45) is 2.19. The van der Waals surface area contributed by atoms with Crippen LogP contribution in [0.3, 0.4) is 0 Å². The molecule has 8 heteroatoms. The van der Waals surface area contributed by atoms with Crippen molar-refractivity contribution in [1.82, 2.24) is 14.3 Å². The molecule has 0 saturated heterocycles. The van der Waals surface area contributed by atoms with Crippen molar-refractivity contribution < 1.29 is 13.2 Å². The number of nitrogens with one attached hydrogen (secondary N) is 1. The van der Waals surface area contributed by atoms with Crippen molar-refractivity contribution in [3.05, 3.63) is 12.0 Å². The van der Waals surface area contributed by atoms with Crippen molar-refractivity contribution in [1.29, 1.82) is 0 Å². The molecule has 6 nitrogen and oxygen atoms in total. The van der Waals surface area contributed by atoms with Crippen molar-refractivity contribution in [2.75, 3.05) is 25.1 Å². The van der Waals surface area contributed by atoms with Gasteiger partial charge in [0.05, 0.1) is 6.61 Å². The molecule has 0 unspecified atom stereocenters. The highest BCUT2D eigenvalue weighted by atomic mass is 79.9. The monoisotopic (exact) mass is 353 g/mol. The summed E-state index contributed by atoms with van der Waals surface area (Å²) in [5.74, 6) is 0.698. The van der Waals surface area contributed by atoms with Crippen LogP contribution in [0.1, 0.15) is 19.2 Å². The van der Waals surface area contributed by atoms with Crippen LogP contribution in [0.5, 0.6) is 0 Å². The molecule has 0 fully saturated rings. The first-order chi connectivity index (χ1) is 9.01. The van der Waals surface area contributed by atoms with Crippen LogP contribution in [0.25, 0.3) is 0 Å². The van der Waals surface area contributed by atoms with Crippen LogP contribution in [0.15, 0.2) is 11.2 Å². The van der Waals surface area contributed by atoms with Crippen LogP contribution in [-0.2, 0) is 21.3 Å². The van der Waals surface area contributed by atoms with E-state index >= 15 is 0 Å². The van der Waals surface area contributed by atoms with Crippen LogP contribution < -0.4 is 4.72 Å². The lowest BCUT2D eigenvalue weighted by Gasteiger charge is -2.04. The van der Waals surface area contributed by atoms with Gasteiger partial charge in [-0.25, -0.2) is 18.1 Å².